The third kappa shape index (κ3) is 2.04. The zero-order valence-corrected chi connectivity index (χ0v) is 8.34. The van der Waals surface area contributed by atoms with Gasteiger partial charge in [-0.2, -0.15) is 5.10 Å². The minimum atomic E-state index is 0.640. The molecule has 2 rings (SSSR count). The molecule has 0 unspecified atom stereocenters. The SMILES string of the molecule is Cn1cc(Nc2ccccc2C=O)cn1. The molecule has 1 heterocycles. The average Bonchev–Trinajstić information content (AvgIpc) is 2.65. The Balaban J connectivity index is 2.27. The van der Waals surface area contributed by atoms with E-state index >= 15 is 0 Å². The Morgan fingerprint density at radius 1 is 1.40 bits per heavy atom. The number of nitrogens with zero attached hydrogens (tertiary/aromatic N) is 2. The largest absolute Gasteiger partial charge is 0.352 e. The number of rotatable bonds is 3. The summed E-state index contributed by atoms with van der Waals surface area (Å²) in [7, 11) is 1.84. The number of carbonyl (C=O) groups excluding carboxylic acids is 1. The van der Waals surface area contributed by atoms with E-state index in [9.17, 15) is 4.79 Å². The van der Waals surface area contributed by atoms with Gasteiger partial charge >= 0.3 is 0 Å². The Bertz CT molecular complexity index is 476. The number of benzene rings is 1. The Morgan fingerprint density at radius 2 is 2.20 bits per heavy atom. The molecule has 0 bridgehead atoms. The van der Waals surface area contributed by atoms with Gasteiger partial charge in [0.2, 0.25) is 0 Å². The molecule has 1 N–H and O–H groups in total. The van der Waals surface area contributed by atoms with Crippen LogP contribution >= 0.6 is 0 Å². The van der Waals surface area contributed by atoms with Crippen LogP contribution in [0.5, 0.6) is 0 Å². The number of hydrogen-bond acceptors (Lipinski definition) is 3. The molecule has 0 amide bonds. The first-order valence-corrected chi connectivity index (χ1v) is 4.59. The lowest BCUT2D eigenvalue weighted by atomic mass is 10.2. The van der Waals surface area contributed by atoms with Crippen LogP contribution in [0, 0.1) is 0 Å². The van der Waals surface area contributed by atoms with Gasteiger partial charge in [0.25, 0.3) is 0 Å². The number of carbonyl (C=O) groups is 1. The number of aromatic nitrogens is 2. The first kappa shape index (κ1) is 9.45. The van der Waals surface area contributed by atoms with Crippen molar-refractivity contribution in [1.29, 1.82) is 0 Å². The highest BCUT2D eigenvalue weighted by atomic mass is 16.1. The Labute approximate surface area is 87.5 Å². The topological polar surface area (TPSA) is 46.9 Å². The van der Waals surface area contributed by atoms with Gasteiger partial charge in [-0.25, -0.2) is 0 Å². The van der Waals surface area contributed by atoms with Crippen LogP contribution in [0.15, 0.2) is 36.7 Å². The zero-order valence-electron chi connectivity index (χ0n) is 8.34. The van der Waals surface area contributed by atoms with Crippen LogP contribution in [-0.2, 0) is 7.05 Å². The summed E-state index contributed by atoms with van der Waals surface area (Å²) in [6.45, 7) is 0. The highest BCUT2D eigenvalue weighted by Gasteiger charge is 2.01. The second-order valence-corrected chi connectivity index (χ2v) is 3.23. The highest BCUT2D eigenvalue weighted by molar-refractivity contribution is 5.85. The lowest BCUT2D eigenvalue weighted by molar-refractivity contribution is 0.112. The zero-order chi connectivity index (χ0) is 10.7. The van der Waals surface area contributed by atoms with Crippen molar-refractivity contribution >= 4 is 17.7 Å². The minimum Gasteiger partial charge on any atom is -0.352 e. The van der Waals surface area contributed by atoms with Gasteiger partial charge in [0.15, 0.2) is 6.29 Å². The molecule has 0 saturated carbocycles. The average molecular weight is 201 g/mol. The molecule has 1 aromatic carbocycles. The Morgan fingerprint density at radius 3 is 2.87 bits per heavy atom. The second kappa shape index (κ2) is 3.96. The highest BCUT2D eigenvalue weighted by Crippen LogP contribution is 2.18. The molecule has 15 heavy (non-hydrogen) atoms. The van der Waals surface area contributed by atoms with Gasteiger partial charge in [-0.1, -0.05) is 12.1 Å². The third-order valence-electron chi connectivity index (χ3n) is 2.07. The Hall–Kier alpha value is -2.10. The van der Waals surface area contributed by atoms with Crippen LogP contribution in [0.2, 0.25) is 0 Å². The number of hydrogen-bond donors (Lipinski definition) is 1. The normalized spacial score (nSPS) is 9.93. The summed E-state index contributed by atoms with van der Waals surface area (Å²) < 4.78 is 1.70. The summed E-state index contributed by atoms with van der Waals surface area (Å²) in [5, 5.41) is 7.16. The molecule has 0 fully saturated rings. The van der Waals surface area contributed by atoms with E-state index < -0.39 is 0 Å². The molecule has 76 valence electrons. The number of anilines is 2. The van der Waals surface area contributed by atoms with E-state index in [4.69, 9.17) is 0 Å². The van der Waals surface area contributed by atoms with Crippen molar-refractivity contribution in [3.63, 3.8) is 0 Å². The van der Waals surface area contributed by atoms with Crippen molar-refractivity contribution in [2.24, 2.45) is 7.05 Å². The predicted molar refractivity (Wildman–Crippen MR) is 58.3 cm³/mol. The summed E-state index contributed by atoms with van der Waals surface area (Å²) in [4.78, 5) is 10.8. The number of aldehydes is 1. The molecule has 0 atom stereocenters. The van der Waals surface area contributed by atoms with E-state index in [0.717, 1.165) is 17.7 Å². The van der Waals surface area contributed by atoms with Crippen LogP contribution in [-0.4, -0.2) is 16.1 Å². The molecule has 4 nitrogen and oxygen atoms in total. The van der Waals surface area contributed by atoms with Gasteiger partial charge in [-0.05, 0) is 12.1 Å². The lowest BCUT2D eigenvalue weighted by Crippen LogP contribution is -1.93. The van der Waals surface area contributed by atoms with Crippen molar-refractivity contribution in [1.82, 2.24) is 9.78 Å². The molecule has 0 aliphatic heterocycles. The molecule has 0 saturated heterocycles. The first-order valence-electron chi connectivity index (χ1n) is 4.59. The minimum absolute atomic E-state index is 0.640. The van der Waals surface area contributed by atoms with E-state index in [2.05, 4.69) is 10.4 Å². The molecule has 0 spiro atoms. The number of para-hydroxylation sites is 1. The first-order chi connectivity index (χ1) is 7.29. The van der Waals surface area contributed by atoms with Gasteiger partial charge in [0.05, 0.1) is 11.9 Å². The van der Waals surface area contributed by atoms with Crippen LogP contribution in [0.4, 0.5) is 11.4 Å². The summed E-state index contributed by atoms with van der Waals surface area (Å²) >= 11 is 0. The second-order valence-electron chi connectivity index (χ2n) is 3.23. The van der Waals surface area contributed by atoms with E-state index in [1.165, 1.54) is 0 Å². The molecule has 0 aliphatic rings. The fraction of sp³-hybridized carbons (Fsp3) is 0.0909. The maximum Gasteiger partial charge on any atom is 0.152 e. The predicted octanol–water partition coefficient (Wildman–Crippen LogP) is 1.98. The van der Waals surface area contributed by atoms with Crippen LogP contribution in [0.25, 0.3) is 0 Å². The monoisotopic (exact) mass is 201 g/mol. The summed E-state index contributed by atoms with van der Waals surface area (Å²) in [6.07, 6.45) is 4.39. The lowest BCUT2D eigenvalue weighted by Gasteiger charge is -2.05. The van der Waals surface area contributed by atoms with E-state index in [1.807, 2.05) is 31.4 Å². The van der Waals surface area contributed by atoms with Crippen molar-refractivity contribution in [2.75, 3.05) is 5.32 Å². The van der Waals surface area contributed by atoms with Gasteiger partial charge < -0.3 is 5.32 Å². The van der Waals surface area contributed by atoms with Gasteiger partial charge in [-0.3, -0.25) is 9.48 Å². The van der Waals surface area contributed by atoms with Crippen LogP contribution in [0.1, 0.15) is 10.4 Å². The maximum atomic E-state index is 10.8. The van der Waals surface area contributed by atoms with Crippen molar-refractivity contribution in [3.05, 3.63) is 42.2 Å². The van der Waals surface area contributed by atoms with E-state index in [-0.39, 0.29) is 0 Å². The summed E-state index contributed by atoms with van der Waals surface area (Å²) in [5.41, 5.74) is 2.30. The van der Waals surface area contributed by atoms with Gasteiger partial charge in [0.1, 0.15) is 0 Å². The number of nitrogens with one attached hydrogen (secondary N) is 1. The van der Waals surface area contributed by atoms with E-state index in [0.29, 0.717) is 5.56 Å². The number of aryl methyl sites for hydroxylation is 1. The fourth-order valence-corrected chi connectivity index (χ4v) is 1.35. The van der Waals surface area contributed by atoms with Gasteiger partial charge in [0, 0.05) is 24.5 Å². The van der Waals surface area contributed by atoms with Gasteiger partial charge in [-0.15, -0.1) is 0 Å². The van der Waals surface area contributed by atoms with Crippen LogP contribution in [0.3, 0.4) is 0 Å². The van der Waals surface area contributed by atoms with Crippen molar-refractivity contribution in [3.8, 4) is 0 Å². The van der Waals surface area contributed by atoms with Crippen molar-refractivity contribution in [2.45, 2.75) is 0 Å². The molecule has 0 radical (unpaired) electrons. The van der Waals surface area contributed by atoms with Crippen molar-refractivity contribution < 1.29 is 4.79 Å². The maximum absolute atomic E-state index is 10.8. The summed E-state index contributed by atoms with van der Waals surface area (Å²) in [5.74, 6) is 0. The summed E-state index contributed by atoms with van der Waals surface area (Å²) in [6, 6.07) is 7.34. The Kier molecular flexibility index (Phi) is 2.49. The molecule has 4 heteroatoms. The van der Waals surface area contributed by atoms with E-state index in [1.54, 1.807) is 16.9 Å². The standard InChI is InChI=1S/C11H11N3O/c1-14-7-10(6-12-14)13-11-5-3-2-4-9(11)8-15/h2-8,13H,1H3. The quantitative estimate of drug-likeness (QED) is 0.772. The third-order valence-corrected chi connectivity index (χ3v) is 2.07. The fourth-order valence-electron chi connectivity index (χ4n) is 1.35. The molecular formula is C11H11N3O. The molecular weight excluding hydrogens is 190 g/mol. The molecule has 1 aromatic heterocycles. The molecule has 0 aliphatic carbocycles. The molecule has 2 aromatic rings. The smallest absolute Gasteiger partial charge is 0.152 e. The van der Waals surface area contributed by atoms with Crippen LogP contribution < -0.4 is 5.32 Å².